The molecule has 0 aliphatic heterocycles. The highest BCUT2D eigenvalue weighted by molar-refractivity contribution is 6.34. The van der Waals surface area contributed by atoms with E-state index >= 15 is 0 Å². The highest BCUT2D eigenvalue weighted by atomic mass is 35.5. The molecule has 0 amide bonds. The Morgan fingerprint density at radius 3 is 2.00 bits per heavy atom. The molecule has 0 radical (unpaired) electrons. The largest absolute Gasteiger partial charge is 0.491 e. The standard InChI is InChI=1S/C14H12Cl2O3/c15-10-7-11(16)9-14(8-10)19-13-3-1-12(2-4-13)18-6-5-17/h1-4,7-9,17H,5-6H2. The molecule has 0 aliphatic rings. The molecule has 0 fully saturated rings. The SMILES string of the molecule is OCCOc1ccc(Oc2cc(Cl)cc(Cl)c2)cc1. The summed E-state index contributed by atoms with van der Waals surface area (Å²) in [5.41, 5.74) is 0. The lowest BCUT2D eigenvalue weighted by atomic mass is 10.3. The summed E-state index contributed by atoms with van der Waals surface area (Å²) in [6.07, 6.45) is 0. The predicted octanol–water partition coefficient (Wildman–Crippen LogP) is 4.16. The van der Waals surface area contributed by atoms with Gasteiger partial charge >= 0.3 is 0 Å². The van der Waals surface area contributed by atoms with Gasteiger partial charge in [-0.3, -0.25) is 0 Å². The van der Waals surface area contributed by atoms with Gasteiger partial charge in [0.15, 0.2) is 0 Å². The number of rotatable bonds is 5. The minimum atomic E-state index is -0.0146. The summed E-state index contributed by atoms with van der Waals surface area (Å²) >= 11 is 11.8. The fourth-order valence-corrected chi connectivity index (χ4v) is 2.00. The molecule has 0 saturated heterocycles. The fourth-order valence-electron chi connectivity index (χ4n) is 1.49. The lowest BCUT2D eigenvalue weighted by Crippen LogP contribution is -2.01. The van der Waals surface area contributed by atoms with E-state index in [0.29, 0.717) is 27.3 Å². The summed E-state index contributed by atoms with van der Waals surface area (Å²) in [4.78, 5) is 0. The van der Waals surface area contributed by atoms with E-state index in [0.717, 1.165) is 0 Å². The van der Waals surface area contributed by atoms with Crippen LogP contribution in [0.3, 0.4) is 0 Å². The second-order valence-corrected chi connectivity index (χ2v) is 4.62. The van der Waals surface area contributed by atoms with Crippen LogP contribution in [0, 0.1) is 0 Å². The van der Waals surface area contributed by atoms with E-state index < -0.39 is 0 Å². The van der Waals surface area contributed by atoms with Gasteiger partial charge < -0.3 is 14.6 Å². The minimum Gasteiger partial charge on any atom is -0.491 e. The van der Waals surface area contributed by atoms with Crippen molar-refractivity contribution in [2.24, 2.45) is 0 Å². The molecule has 0 heterocycles. The summed E-state index contributed by atoms with van der Waals surface area (Å²) in [5, 5.41) is 9.69. The van der Waals surface area contributed by atoms with Crippen LogP contribution in [0.5, 0.6) is 17.2 Å². The van der Waals surface area contributed by atoms with Crippen LogP contribution in [0.15, 0.2) is 42.5 Å². The van der Waals surface area contributed by atoms with Crippen molar-refractivity contribution in [3.05, 3.63) is 52.5 Å². The van der Waals surface area contributed by atoms with Crippen LogP contribution in [0.1, 0.15) is 0 Å². The minimum absolute atomic E-state index is 0.0146. The maximum absolute atomic E-state index is 8.65. The van der Waals surface area contributed by atoms with E-state index in [2.05, 4.69) is 0 Å². The first-order valence-electron chi connectivity index (χ1n) is 5.65. The Morgan fingerprint density at radius 2 is 1.42 bits per heavy atom. The molecule has 19 heavy (non-hydrogen) atoms. The average Bonchev–Trinajstić information content (AvgIpc) is 2.37. The molecule has 5 heteroatoms. The summed E-state index contributed by atoms with van der Waals surface area (Å²) < 4.78 is 10.9. The molecule has 2 rings (SSSR count). The number of aliphatic hydroxyl groups excluding tert-OH is 1. The molecule has 3 nitrogen and oxygen atoms in total. The Morgan fingerprint density at radius 1 is 0.842 bits per heavy atom. The molecule has 0 aromatic heterocycles. The summed E-state index contributed by atoms with van der Waals surface area (Å²) in [7, 11) is 0. The number of aliphatic hydroxyl groups is 1. The Kier molecular flexibility index (Phi) is 4.91. The van der Waals surface area contributed by atoms with Gasteiger partial charge in [0, 0.05) is 10.0 Å². The number of hydrogen-bond donors (Lipinski definition) is 1. The maximum Gasteiger partial charge on any atom is 0.130 e. The van der Waals surface area contributed by atoms with E-state index in [4.69, 9.17) is 37.8 Å². The van der Waals surface area contributed by atoms with Gasteiger partial charge in [-0.25, -0.2) is 0 Å². The molecule has 100 valence electrons. The zero-order chi connectivity index (χ0) is 13.7. The molecule has 1 N–H and O–H groups in total. The third kappa shape index (κ3) is 4.31. The van der Waals surface area contributed by atoms with Crippen LogP contribution in [-0.2, 0) is 0 Å². The molecule has 0 atom stereocenters. The van der Waals surface area contributed by atoms with Gasteiger partial charge in [0.1, 0.15) is 23.9 Å². The van der Waals surface area contributed by atoms with E-state index in [1.807, 2.05) is 0 Å². The molecule has 0 spiro atoms. The van der Waals surface area contributed by atoms with Gasteiger partial charge in [-0.15, -0.1) is 0 Å². The first kappa shape index (κ1) is 14.0. The first-order chi connectivity index (χ1) is 9.17. The van der Waals surface area contributed by atoms with Crippen LogP contribution < -0.4 is 9.47 Å². The molecular formula is C14H12Cl2O3. The second-order valence-electron chi connectivity index (χ2n) is 3.75. The van der Waals surface area contributed by atoms with Crippen LogP contribution in [-0.4, -0.2) is 18.3 Å². The molecule has 2 aromatic rings. The Bertz CT molecular complexity index is 521. The maximum atomic E-state index is 8.65. The Balaban J connectivity index is 2.06. The van der Waals surface area contributed by atoms with Gasteiger partial charge in [-0.05, 0) is 42.5 Å². The highest BCUT2D eigenvalue weighted by Gasteiger charge is 2.02. The summed E-state index contributed by atoms with van der Waals surface area (Å²) in [5.74, 6) is 1.89. The van der Waals surface area contributed by atoms with Crippen molar-refractivity contribution in [1.29, 1.82) is 0 Å². The van der Waals surface area contributed by atoms with Gasteiger partial charge in [0.05, 0.1) is 6.61 Å². The third-order valence-corrected chi connectivity index (χ3v) is 2.69. The van der Waals surface area contributed by atoms with Crippen molar-refractivity contribution >= 4 is 23.2 Å². The van der Waals surface area contributed by atoms with E-state index in [1.54, 1.807) is 42.5 Å². The first-order valence-corrected chi connectivity index (χ1v) is 6.40. The average molecular weight is 299 g/mol. The number of ether oxygens (including phenoxy) is 2. The van der Waals surface area contributed by atoms with E-state index in [1.165, 1.54) is 0 Å². The smallest absolute Gasteiger partial charge is 0.130 e. The van der Waals surface area contributed by atoms with Crippen LogP contribution >= 0.6 is 23.2 Å². The van der Waals surface area contributed by atoms with Gasteiger partial charge in [-0.1, -0.05) is 23.2 Å². The van der Waals surface area contributed by atoms with Gasteiger partial charge in [0.25, 0.3) is 0 Å². The van der Waals surface area contributed by atoms with Gasteiger partial charge in [-0.2, -0.15) is 0 Å². The molecule has 0 unspecified atom stereocenters. The second kappa shape index (κ2) is 6.66. The van der Waals surface area contributed by atoms with Crippen molar-refractivity contribution in [3.8, 4) is 17.2 Å². The van der Waals surface area contributed by atoms with Crippen LogP contribution in [0.2, 0.25) is 10.0 Å². The molecule has 0 bridgehead atoms. The van der Waals surface area contributed by atoms with E-state index in [-0.39, 0.29) is 13.2 Å². The van der Waals surface area contributed by atoms with E-state index in [9.17, 15) is 0 Å². The summed E-state index contributed by atoms with van der Waals surface area (Å²) in [6.45, 7) is 0.253. The van der Waals surface area contributed by atoms with Crippen molar-refractivity contribution in [2.45, 2.75) is 0 Å². The number of benzene rings is 2. The highest BCUT2D eigenvalue weighted by Crippen LogP contribution is 2.29. The quantitative estimate of drug-likeness (QED) is 0.901. The number of hydrogen-bond acceptors (Lipinski definition) is 3. The normalized spacial score (nSPS) is 10.3. The molecule has 2 aromatic carbocycles. The van der Waals surface area contributed by atoms with Crippen molar-refractivity contribution in [2.75, 3.05) is 13.2 Å². The van der Waals surface area contributed by atoms with Crippen LogP contribution in [0.4, 0.5) is 0 Å². The molecule has 0 saturated carbocycles. The predicted molar refractivity (Wildman–Crippen MR) is 75.6 cm³/mol. The number of halogens is 2. The molecular weight excluding hydrogens is 287 g/mol. The third-order valence-electron chi connectivity index (χ3n) is 2.26. The van der Waals surface area contributed by atoms with Crippen LogP contribution in [0.25, 0.3) is 0 Å². The fraction of sp³-hybridized carbons (Fsp3) is 0.143. The van der Waals surface area contributed by atoms with Crippen molar-refractivity contribution in [3.63, 3.8) is 0 Å². The van der Waals surface area contributed by atoms with Crippen molar-refractivity contribution in [1.82, 2.24) is 0 Å². The lowest BCUT2D eigenvalue weighted by molar-refractivity contribution is 0.201. The van der Waals surface area contributed by atoms with Gasteiger partial charge in [0.2, 0.25) is 0 Å². The topological polar surface area (TPSA) is 38.7 Å². The zero-order valence-corrected chi connectivity index (χ0v) is 11.5. The summed E-state index contributed by atoms with van der Waals surface area (Å²) in [6, 6.07) is 12.1. The zero-order valence-electron chi connectivity index (χ0n) is 9.98. The lowest BCUT2D eigenvalue weighted by Gasteiger charge is -2.08. The Labute approximate surface area is 121 Å². The Hall–Kier alpha value is -1.42. The van der Waals surface area contributed by atoms with Crippen molar-refractivity contribution < 1.29 is 14.6 Å². The molecule has 0 aliphatic carbocycles. The monoisotopic (exact) mass is 298 g/mol.